The van der Waals surface area contributed by atoms with Crippen LogP contribution in [0.3, 0.4) is 0 Å². The molecule has 32 heavy (non-hydrogen) atoms. The van der Waals surface area contributed by atoms with Crippen LogP contribution < -0.4 is 10.1 Å². The van der Waals surface area contributed by atoms with Crippen LogP contribution in [0.2, 0.25) is 0 Å². The fraction of sp³-hybridized carbons (Fsp3) is 0.154. The van der Waals surface area contributed by atoms with Gasteiger partial charge in [-0.25, -0.2) is 4.98 Å². The van der Waals surface area contributed by atoms with E-state index >= 15 is 0 Å². The van der Waals surface area contributed by atoms with Crippen molar-refractivity contribution in [1.82, 2.24) is 9.55 Å². The van der Waals surface area contributed by atoms with Crippen molar-refractivity contribution in [2.45, 2.75) is 23.9 Å². The van der Waals surface area contributed by atoms with Gasteiger partial charge in [0.25, 0.3) is 0 Å². The molecular formula is C26H25N3O2S. The molecule has 0 fully saturated rings. The van der Waals surface area contributed by atoms with Crippen LogP contribution in [-0.4, -0.2) is 22.1 Å². The van der Waals surface area contributed by atoms with Crippen molar-refractivity contribution in [2.75, 3.05) is 11.9 Å². The maximum Gasteiger partial charge on any atom is 0.242 e. The number of hydrogen-bond donors (Lipinski definition) is 1. The molecule has 1 amide bonds. The lowest BCUT2D eigenvalue weighted by Gasteiger charge is -2.18. The molecule has 0 aliphatic heterocycles. The fourth-order valence-electron chi connectivity index (χ4n) is 3.50. The topological polar surface area (TPSA) is 56.2 Å². The number of carbonyl (C=O) groups is 1. The predicted octanol–water partition coefficient (Wildman–Crippen LogP) is 6.09. The Labute approximate surface area is 192 Å². The molecular weight excluding hydrogens is 418 g/mol. The highest BCUT2D eigenvalue weighted by Gasteiger charge is 2.26. The third-order valence-corrected chi connectivity index (χ3v) is 6.18. The first-order chi connectivity index (χ1) is 15.7. The lowest BCUT2D eigenvalue weighted by Crippen LogP contribution is -2.20. The number of para-hydroxylation sites is 4. The van der Waals surface area contributed by atoms with E-state index in [0.717, 1.165) is 21.8 Å². The highest BCUT2D eigenvalue weighted by Crippen LogP contribution is 2.38. The molecule has 0 bridgehead atoms. The van der Waals surface area contributed by atoms with E-state index in [1.54, 1.807) is 0 Å². The minimum Gasteiger partial charge on any atom is -0.492 e. The average Bonchev–Trinajstić information content (AvgIpc) is 3.17. The Bertz CT molecular complexity index is 1220. The van der Waals surface area contributed by atoms with E-state index in [0.29, 0.717) is 24.6 Å². The second-order valence-electron chi connectivity index (χ2n) is 7.11. The van der Waals surface area contributed by atoms with Gasteiger partial charge in [0.15, 0.2) is 5.16 Å². The van der Waals surface area contributed by atoms with Crippen LogP contribution in [0, 0.1) is 0 Å². The zero-order chi connectivity index (χ0) is 22.3. The number of hydrogen-bond acceptors (Lipinski definition) is 4. The van der Waals surface area contributed by atoms with E-state index in [1.807, 2.05) is 91.9 Å². The van der Waals surface area contributed by atoms with Crippen molar-refractivity contribution in [3.8, 4) is 5.75 Å². The highest BCUT2D eigenvalue weighted by atomic mass is 32.2. The van der Waals surface area contributed by atoms with Crippen LogP contribution in [0.25, 0.3) is 11.0 Å². The normalized spacial score (nSPS) is 11.8. The number of fused-ring (bicyclic) bond motifs is 1. The minimum absolute atomic E-state index is 0.134. The van der Waals surface area contributed by atoms with Gasteiger partial charge in [-0.2, -0.15) is 0 Å². The summed E-state index contributed by atoms with van der Waals surface area (Å²) in [7, 11) is 0. The molecule has 5 nitrogen and oxygen atoms in total. The highest BCUT2D eigenvalue weighted by molar-refractivity contribution is 8.00. The van der Waals surface area contributed by atoms with Gasteiger partial charge in [0, 0.05) is 6.54 Å². The van der Waals surface area contributed by atoms with Crippen LogP contribution in [-0.2, 0) is 11.3 Å². The zero-order valence-corrected chi connectivity index (χ0v) is 18.7. The first kappa shape index (κ1) is 21.7. The second-order valence-corrected chi connectivity index (χ2v) is 8.18. The largest absolute Gasteiger partial charge is 0.492 e. The number of thioether (sulfide) groups is 1. The first-order valence-electron chi connectivity index (χ1n) is 10.5. The molecule has 4 rings (SSSR count). The summed E-state index contributed by atoms with van der Waals surface area (Å²) in [4.78, 5) is 18.3. The molecule has 1 unspecified atom stereocenters. The van der Waals surface area contributed by atoms with E-state index in [9.17, 15) is 4.79 Å². The number of nitrogens with one attached hydrogen (secondary N) is 1. The third-order valence-electron chi connectivity index (χ3n) is 4.94. The van der Waals surface area contributed by atoms with Gasteiger partial charge in [-0.1, -0.05) is 72.4 Å². The predicted molar refractivity (Wildman–Crippen MR) is 131 cm³/mol. The molecule has 1 aromatic heterocycles. The number of rotatable bonds is 9. The number of imidazole rings is 1. The molecule has 6 heteroatoms. The summed E-state index contributed by atoms with van der Waals surface area (Å²) in [6, 6.07) is 25.2. The van der Waals surface area contributed by atoms with E-state index in [2.05, 4.69) is 16.5 Å². The second kappa shape index (κ2) is 10.2. The Balaban J connectivity index is 1.70. The van der Waals surface area contributed by atoms with Crippen LogP contribution in [0.5, 0.6) is 5.75 Å². The summed E-state index contributed by atoms with van der Waals surface area (Å²) in [6.07, 6.45) is 1.84. The van der Waals surface area contributed by atoms with Gasteiger partial charge in [0.2, 0.25) is 5.91 Å². The quantitative estimate of drug-likeness (QED) is 0.251. The standard InChI is InChI=1S/C26H25N3O2S/c1-3-18-29-22-16-10-8-14-20(22)28-26(29)32-24(19-12-6-5-7-13-19)25(30)27-21-15-9-11-17-23(21)31-4-2/h3,5-17,24H,1,4,18H2,2H3,(H,27,30). The molecule has 1 heterocycles. The molecule has 1 N–H and O–H groups in total. The van der Waals surface area contributed by atoms with E-state index in [-0.39, 0.29) is 5.91 Å². The number of anilines is 1. The summed E-state index contributed by atoms with van der Waals surface area (Å²) < 4.78 is 7.77. The molecule has 0 saturated heterocycles. The molecule has 0 aliphatic carbocycles. The van der Waals surface area contributed by atoms with Gasteiger partial charge in [0.05, 0.1) is 23.3 Å². The summed E-state index contributed by atoms with van der Waals surface area (Å²) >= 11 is 1.43. The Kier molecular flexibility index (Phi) is 6.92. The SMILES string of the molecule is C=CCn1c(SC(C(=O)Nc2ccccc2OCC)c2ccccc2)nc2ccccc21. The van der Waals surface area contributed by atoms with E-state index in [4.69, 9.17) is 9.72 Å². The van der Waals surface area contributed by atoms with Crippen LogP contribution in [0.15, 0.2) is 96.7 Å². The summed E-state index contributed by atoms with van der Waals surface area (Å²) in [5.74, 6) is 0.518. The number of aromatic nitrogens is 2. The minimum atomic E-state index is -0.494. The van der Waals surface area contributed by atoms with Crippen molar-refractivity contribution in [3.05, 3.63) is 97.1 Å². The molecule has 4 aromatic rings. The molecule has 162 valence electrons. The van der Waals surface area contributed by atoms with Gasteiger partial charge in [-0.3, -0.25) is 4.79 Å². The van der Waals surface area contributed by atoms with Crippen LogP contribution >= 0.6 is 11.8 Å². The van der Waals surface area contributed by atoms with Crippen molar-refractivity contribution < 1.29 is 9.53 Å². The number of nitrogens with zero attached hydrogens (tertiary/aromatic N) is 2. The number of carbonyl (C=O) groups excluding carboxylic acids is 1. The Hall–Kier alpha value is -3.51. The smallest absolute Gasteiger partial charge is 0.242 e. The number of benzene rings is 3. The van der Waals surface area contributed by atoms with Crippen LogP contribution in [0.4, 0.5) is 5.69 Å². The average molecular weight is 444 g/mol. The van der Waals surface area contributed by atoms with Crippen molar-refractivity contribution in [2.24, 2.45) is 0 Å². The summed E-state index contributed by atoms with van der Waals surface area (Å²) in [6.45, 7) is 6.94. The van der Waals surface area contributed by atoms with Gasteiger partial charge in [-0.05, 0) is 36.8 Å². The molecule has 0 saturated carbocycles. The lowest BCUT2D eigenvalue weighted by molar-refractivity contribution is -0.115. The van der Waals surface area contributed by atoms with Crippen LogP contribution in [0.1, 0.15) is 17.7 Å². The monoisotopic (exact) mass is 443 g/mol. The number of ether oxygens (including phenoxy) is 1. The van der Waals surface area contributed by atoms with Gasteiger partial charge in [0.1, 0.15) is 11.0 Å². The van der Waals surface area contributed by atoms with E-state index in [1.165, 1.54) is 11.8 Å². The molecule has 0 aliphatic rings. The zero-order valence-electron chi connectivity index (χ0n) is 17.9. The molecule has 0 spiro atoms. The van der Waals surface area contributed by atoms with E-state index < -0.39 is 5.25 Å². The van der Waals surface area contributed by atoms with Gasteiger partial charge < -0.3 is 14.6 Å². The number of amides is 1. The maximum absolute atomic E-state index is 13.5. The lowest BCUT2D eigenvalue weighted by atomic mass is 10.1. The number of allylic oxidation sites excluding steroid dienone is 1. The Morgan fingerprint density at radius 3 is 2.59 bits per heavy atom. The fourth-order valence-corrected chi connectivity index (χ4v) is 4.63. The maximum atomic E-state index is 13.5. The summed E-state index contributed by atoms with van der Waals surface area (Å²) in [5.41, 5.74) is 3.47. The Morgan fingerprint density at radius 2 is 1.81 bits per heavy atom. The molecule has 0 radical (unpaired) electrons. The molecule has 1 atom stereocenters. The van der Waals surface area contributed by atoms with Crippen molar-refractivity contribution >= 4 is 34.4 Å². The summed E-state index contributed by atoms with van der Waals surface area (Å²) in [5, 5.41) is 3.33. The van der Waals surface area contributed by atoms with Gasteiger partial charge >= 0.3 is 0 Å². The van der Waals surface area contributed by atoms with Gasteiger partial charge in [-0.15, -0.1) is 6.58 Å². The third kappa shape index (κ3) is 4.70. The van der Waals surface area contributed by atoms with Crippen molar-refractivity contribution in [1.29, 1.82) is 0 Å². The molecule has 3 aromatic carbocycles. The Morgan fingerprint density at radius 1 is 1.09 bits per heavy atom. The van der Waals surface area contributed by atoms with Crippen molar-refractivity contribution in [3.63, 3.8) is 0 Å². The first-order valence-corrected chi connectivity index (χ1v) is 11.4.